The molecule has 0 unspecified atom stereocenters. The lowest BCUT2D eigenvalue weighted by Gasteiger charge is -2.15. The lowest BCUT2D eigenvalue weighted by atomic mass is 10.1. The molecule has 2 aromatic rings. The summed E-state index contributed by atoms with van der Waals surface area (Å²) in [6.07, 6.45) is 1.27. The van der Waals surface area contributed by atoms with Crippen molar-refractivity contribution in [3.05, 3.63) is 51.8 Å². The molecule has 1 aliphatic rings. The van der Waals surface area contributed by atoms with E-state index in [-0.39, 0.29) is 27.9 Å². The van der Waals surface area contributed by atoms with Crippen LogP contribution >= 0.6 is 12.2 Å². The SMILES string of the molecule is COc1cc([N+](=O)[O-])ccc1-c1ccc(C=C2C(=O)NC(=S)NC2=O)o1. The van der Waals surface area contributed by atoms with Gasteiger partial charge in [-0.15, -0.1) is 0 Å². The highest BCUT2D eigenvalue weighted by molar-refractivity contribution is 7.80. The predicted molar refractivity (Wildman–Crippen MR) is 94.2 cm³/mol. The van der Waals surface area contributed by atoms with E-state index in [9.17, 15) is 19.7 Å². The summed E-state index contributed by atoms with van der Waals surface area (Å²) in [4.78, 5) is 34.0. The summed E-state index contributed by atoms with van der Waals surface area (Å²) in [5.41, 5.74) is 0.211. The summed E-state index contributed by atoms with van der Waals surface area (Å²) < 4.78 is 10.8. The van der Waals surface area contributed by atoms with Crippen LogP contribution in [0.15, 0.2) is 40.3 Å². The van der Waals surface area contributed by atoms with Crippen LogP contribution in [0.2, 0.25) is 0 Å². The molecule has 10 heteroatoms. The van der Waals surface area contributed by atoms with Crippen LogP contribution in [0.1, 0.15) is 5.76 Å². The van der Waals surface area contributed by atoms with Gasteiger partial charge < -0.3 is 9.15 Å². The Labute approximate surface area is 151 Å². The quantitative estimate of drug-likeness (QED) is 0.275. The Morgan fingerprint density at radius 3 is 2.50 bits per heavy atom. The molecule has 3 rings (SSSR count). The second kappa shape index (κ2) is 6.76. The van der Waals surface area contributed by atoms with Gasteiger partial charge in [0.05, 0.1) is 23.7 Å². The number of nitrogens with one attached hydrogen (secondary N) is 2. The number of carbonyl (C=O) groups excluding carboxylic acids is 2. The Morgan fingerprint density at radius 1 is 1.19 bits per heavy atom. The van der Waals surface area contributed by atoms with Crippen molar-refractivity contribution in [1.29, 1.82) is 0 Å². The van der Waals surface area contributed by atoms with Crippen LogP contribution in [-0.2, 0) is 9.59 Å². The van der Waals surface area contributed by atoms with Gasteiger partial charge in [-0.3, -0.25) is 30.3 Å². The third-order valence-corrected chi connectivity index (χ3v) is 3.72. The van der Waals surface area contributed by atoms with E-state index in [1.54, 1.807) is 12.1 Å². The van der Waals surface area contributed by atoms with Crippen LogP contribution in [0, 0.1) is 10.1 Å². The van der Waals surface area contributed by atoms with Crippen molar-refractivity contribution >= 4 is 40.9 Å². The first-order valence-electron chi connectivity index (χ1n) is 7.20. The number of nitrogens with zero attached hydrogens (tertiary/aromatic N) is 1. The van der Waals surface area contributed by atoms with Gasteiger partial charge in [0.25, 0.3) is 17.5 Å². The van der Waals surface area contributed by atoms with Gasteiger partial charge in [0, 0.05) is 6.07 Å². The highest BCUT2D eigenvalue weighted by Gasteiger charge is 2.26. The third kappa shape index (κ3) is 3.30. The van der Waals surface area contributed by atoms with Crippen LogP contribution in [0.5, 0.6) is 5.75 Å². The minimum atomic E-state index is -0.635. The summed E-state index contributed by atoms with van der Waals surface area (Å²) in [6, 6.07) is 7.24. The van der Waals surface area contributed by atoms with E-state index in [2.05, 4.69) is 10.6 Å². The topological polar surface area (TPSA) is 124 Å². The molecule has 132 valence electrons. The largest absolute Gasteiger partial charge is 0.496 e. The molecule has 0 saturated carbocycles. The first-order chi connectivity index (χ1) is 12.4. The zero-order valence-corrected chi connectivity index (χ0v) is 14.1. The van der Waals surface area contributed by atoms with Crippen LogP contribution in [0.4, 0.5) is 5.69 Å². The highest BCUT2D eigenvalue weighted by atomic mass is 32.1. The van der Waals surface area contributed by atoms with E-state index >= 15 is 0 Å². The maximum absolute atomic E-state index is 11.8. The van der Waals surface area contributed by atoms with E-state index in [4.69, 9.17) is 21.4 Å². The Kier molecular flexibility index (Phi) is 4.50. The number of benzene rings is 1. The molecular formula is C16H11N3O6S. The van der Waals surface area contributed by atoms with Gasteiger partial charge in [-0.1, -0.05) is 0 Å². The molecule has 1 saturated heterocycles. The Hall–Kier alpha value is -3.53. The molecule has 26 heavy (non-hydrogen) atoms. The third-order valence-electron chi connectivity index (χ3n) is 3.52. The smallest absolute Gasteiger partial charge is 0.273 e. The van der Waals surface area contributed by atoms with Crippen molar-refractivity contribution < 1.29 is 23.7 Å². The molecule has 1 aromatic heterocycles. The number of amides is 2. The van der Waals surface area contributed by atoms with Crippen molar-refractivity contribution in [3.63, 3.8) is 0 Å². The van der Waals surface area contributed by atoms with Gasteiger partial charge in [0.2, 0.25) is 0 Å². The van der Waals surface area contributed by atoms with Crippen molar-refractivity contribution in [2.24, 2.45) is 0 Å². The van der Waals surface area contributed by atoms with Gasteiger partial charge in [-0.05, 0) is 36.5 Å². The standard InChI is InChI=1S/C16H11N3O6S/c1-24-13-6-8(19(22)23)2-4-10(13)12-5-3-9(25-12)7-11-14(20)17-16(26)18-15(11)21/h2-7H,1H3,(H2,17,18,20,21,26). The Balaban J connectivity index is 1.95. The fourth-order valence-electron chi connectivity index (χ4n) is 2.32. The molecule has 0 aliphatic carbocycles. The van der Waals surface area contributed by atoms with Crippen LogP contribution < -0.4 is 15.4 Å². The molecule has 2 amide bonds. The fraction of sp³-hybridized carbons (Fsp3) is 0.0625. The maximum Gasteiger partial charge on any atom is 0.273 e. The van der Waals surface area contributed by atoms with Gasteiger partial charge in [0.1, 0.15) is 22.8 Å². The van der Waals surface area contributed by atoms with Crippen molar-refractivity contribution in [2.45, 2.75) is 0 Å². The van der Waals surface area contributed by atoms with E-state index in [0.717, 1.165) is 0 Å². The van der Waals surface area contributed by atoms with Gasteiger partial charge >= 0.3 is 0 Å². The lowest BCUT2D eigenvalue weighted by Crippen LogP contribution is -2.51. The molecule has 0 spiro atoms. The number of carbonyl (C=O) groups is 2. The number of non-ortho nitro benzene ring substituents is 1. The van der Waals surface area contributed by atoms with E-state index in [0.29, 0.717) is 11.3 Å². The molecule has 2 heterocycles. The van der Waals surface area contributed by atoms with Crippen molar-refractivity contribution in [3.8, 4) is 17.1 Å². The minimum absolute atomic E-state index is 0.0621. The summed E-state index contributed by atoms with van der Waals surface area (Å²) in [5.74, 6) is -0.412. The number of hydrogen-bond donors (Lipinski definition) is 2. The van der Waals surface area contributed by atoms with Crippen molar-refractivity contribution in [2.75, 3.05) is 7.11 Å². The normalized spacial score (nSPS) is 13.9. The fourth-order valence-corrected chi connectivity index (χ4v) is 2.51. The monoisotopic (exact) mass is 373 g/mol. The number of thiocarbonyl (C=S) groups is 1. The zero-order valence-electron chi connectivity index (χ0n) is 13.3. The van der Waals surface area contributed by atoms with Crippen molar-refractivity contribution in [1.82, 2.24) is 10.6 Å². The molecule has 0 bridgehead atoms. The van der Waals surface area contributed by atoms with Gasteiger partial charge in [-0.25, -0.2) is 0 Å². The first-order valence-corrected chi connectivity index (χ1v) is 7.61. The number of ether oxygens (including phenoxy) is 1. The lowest BCUT2D eigenvalue weighted by molar-refractivity contribution is -0.384. The average molecular weight is 373 g/mol. The minimum Gasteiger partial charge on any atom is -0.496 e. The summed E-state index contributed by atoms with van der Waals surface area (Å²) >= 11 is 4.73. The van der Waals surface area contributed by atoms with Crippen LogP contribution in [-0.4, -0.2) is 29.0 Å². The van der Waals surface area contributed by atoms with E-state index in [1.807, 2.05) is 0 Å². The molecule has 0 atom stereocenters. The molecule has 9 nitrogen and oxygen atoms in total. The molecule has 0 radical (unpaired) electrons. The van der Waals surface area contributed by atoms with Crippen LogP contribution in [0.3, 0.4) is 0 Å². The maximum atomic E-state index is 11.8. The average Bonchev–Trinajstić information content (AvgIpc) is 3.05. The first kappa shape index (κ1) is 17.3. The van der Waals surface area contributed by atoms with Crippen LogP contribution in [0.25, 0.3) is 17.4 Å². The second-order valence-electron chi connectivity index (χ2n) is 5.14. The highest BCUT2D eigenvalue weighted by Crippen LogP contribution is 2.34. The molecule has 1 fully saturated rings. The number of methoxy groups -OCH3 is 1. The Bertz CT molecular complexity index is 956. The number of nitro benzene ring substituents is 1. The predicted octanol–water partition coefficient (Wildman–Crippen LogP) is 1.78. The molecule has 1 aliphatic heterocycles. The van der Waals surface area contributed by atoms with Gasteiger partial charge in [0.15, 0.2) is 5.11 Å². The summed E-state index contributed by atoms with van der Waals surface area (Å²) in [6.45, 7) is 0. The Morgan fingerprint density at radius 2 is 1.88 bits per heavy atom. The molecule has 1 aromatic carbocycles. The van der Waals surface area contributed by atoms with E-state index < -0.39 is 16.7 Å². The second-order valence-corrected chi connectivity index (χ2v) is 5.55. The summed E-state index contributed by atoms with van der Waals surface area (Å²) in [5, 5.41) is 15.4. The number of rotatable bonds is 4. The molecule has 2 N–H and O–H groups in total. The summed E-state index contributed by atoms with van der Waals surface area (Å²) in [7, 11) is 1.38. The van der Waals surface area contributed by atoms with E-state index in [1.165, 1.54) is 31.4 Å². The number of nitro groups is 1. The number of hydrogen-bond acceptors (Lipinski definition) is 7. The molecular weight excluding hydrogens is 362 g/mol. The number of furan rings is 1. The zero-order chi connectivity index (χ0) is 18.8. The van der Waals surface area contributed by atoms with Gasteiger partial charge in [-0.2, -0.15) is 0 Å².